The highest BCUT2D eigenvalue weighted by Crippen LogP contribution is 2.35. The zero-order valence-corrected chi connectivity index (χ0v) is 14.2. The first kappa shape index (κ1) is 18.8. The second-order valence-corrected chi connectivity index (χ2v) is 5.90. The van der Waals surface area contributed by atoms with Crippen LogP contribution in [0.2, 0.25) is 0 Å². The number of hydrogen-bond acceptors (Lipinski definition) is 4. The predicted octanol–water partition coefficient (Wildman–Crippen LogP) is 3.82. The zero-order chi connectivity index (χ0) is 19.4. The summed E-state index contributed by atoms with van der Waals surface area (Å²) in [6, 6.07) is 11.0. The molecule has 8 heteroatoms. The van der Waals surface area contributed by atoms with Gasteiger partial charge >= 0.3 is 12.1 Å². The summed E-state index contributed by atoms with van der Waals surface area (Å²) >= 11 is 0. The van der Waals surface area contributed by atoms with Crippen LogP contribution in [0.25, 0.3) is 0 Å². The Morgan fingerprint density at radius 1 is 1.07 bits per heavy atom. The third kappa shape index (κ3) is 4.58. The van der Waals surface area contributed by atoms with Gasteiger partial charge in [-0.05, 0) is 42.8 Å². The Bertz CT molecular complexity index is 834. The molecule has 0 radical (unpaired) electrons. The first-order valence-electron chi connectivity index (χ1n) is 8.25. The lowest BCUT2D eigenvalue weighted by Gasteiger charge is -2.16. The van der Waals surface area contributed by atoms with E-state index in [2.05, 4.69) is 0 Å². The van der Waals surface area contributed by atoms with Crippen LogP contribution in [0.5, 0.6) is 11.5 Å². The summed E-state index contributed by atoms with van der Waals surface area (Å²) in [5, 5.41) is 0. The molecule has 1 fully saturated rings. The molecule has 0 spiro atoms. The van der Waals surface area contributed by atoms with Crippen molar-refractivity contribution in [2.45, 2.75) is 19.0 Å². The lowest BCUT2D eigenvalue weighted by molar-refractivity contribution is -0.142. The third-order valence-corrected chi connectivity index (χ3v) is 3.99. The maximum absolute atomic E-state index is 12.9. The smallest absolute Gasteiger partial charge is 0.419 e. The van der Waals surface area contributed by atoms with Gasteiger partial charge in [-0.3, -0.25) is 4.79 Å². The zero-order valence-electron chi connectivity index (χ0n) is 14.2. The molecule has 2 aromatic carbocycles. The van der Waals surface area contributed by atoms with Crippen molar-refractivity contribution in [1.29, 1.82) is 0 Å². The Balaban J connectivity index is 1.58. The molecule has 1 heterocycles. The van der Waals surface area contributed by atoms with Gasteiger partial charge < -0.3 is 14.4 Å². The number of carbonyl (C=O) groups is 2. The number of halogens is 3. The van der Waals surface area contributed by atoms with E-state index in [0.717, 1.165) is 18.6 Å². The maximum atomic E-state index is 12.9. The van der Waals surface area contributed by atoms with E-state index in [9.17, 15) is 22.8 Å². The number of amides is 1. The van der Waals surface area contributed by atoms with Crippen molar-refractivity contribution >= 4 is 17.6 Å². The molecule has 1 aliphatic heterocycles. The third-order valence-electron chi connectivity index (χ3n) is 3.99. The lowest BCUT2D eigenvalue weighted by Crippen LogP contribution is -2.23. The van der Waals surface area contributed by atoms with Crippen molar-refractivity contribution in [2.75, 3.05) is 18.1 Å². The molecule has 0 saturated carbocycles. The Morgan fingerprint density at radius 3 is 2.41 bits per heavy atom. The molecule has 1 saturated heterocycles. The van der Waals surface area contributed by atoms with E-state index in [-0.39, 0.29) is 11.7 Å². The number of rotatable bonds is 5. The molecule has 0 bridgehead atoms. The van der Waals surface area contributed by atoms with E-state index in [1.807, 2.05) is 0 Å². The quantitative estimate of drug-likeness (QED) is 0.586. The van der Waals surface area contributed by atoms with Crippen LogP contribution in [0.4, 0.5) is 18.9 Å². The summed E-state index contributed by atoms with van der Waals surface area (Å²) in [6.45, 7) is -0.0239. The fraction of sp³-hybridized carbons (Fsp3) is 0.263. The van der Waals surface area contributed by atoms with Gasteiger partial charge in [0, 0.05) is 18.7 Å². The van der Waals surface area contributed by atoms with E-state index in [4.69, 9.17) is 9.47 Å². The molecule has 0 unspecified atom stereocenters. The normalized spacial score (nSPS) is 14.3. The molecule has 2 aromatic rings. The van der Waals surface area contributed by atoms with E-state index >= 15 is 0 Å². The number of para-hydroxylation sites is 1. The van der Waals surface area contributed by atoms with Crippen LogP contribution in [0.3, 0.4) is 0 Å². The van der Waals surface area contributed by atoms with E-state index in [1.165, 1.54) is 24.3 Å². The number of esters is 1. The second kappa shape index (κ2) is 7.69. The van der Waals surface area contributed by atoms with Gasteiger partial charge in [0.2, 0.25) is 5.91 Å². The molecule has 0 N–H and O–H groups in total. The second-order valence-electron chi connectivity index (χ2n) is 5.90. The van der Waals surface area contributed by atoms with Crippen LogP contribution < -0.4 is 14.4 Å². The molecule has 1 amide bonds. The van der Waals surface area contributed by atoms with E-state index < -0.39 is 30.1 Å². The predicted molar refractivity (Wildman–Crippen MR) is 90.6 cm³/mol. The molecular weight excluding hydrogens is 363 g/mol. The van der Waals surface area contributed by atoms with Crippen LogP contribution in [0.1, 0.15) is 18.4 Å². The Kier molecular flexibility index (Phi) is 5.34. The molecule has 3 rings (SSSR count). The van der Waals surface area contributed by atoms with E-state index in [1.54, 1.807) is 17.0 Å². The Morgan fingerprint density at radius 2 is 1.78 bits per heavy atom. The van der Waals surface area contributed by atoms with Crippen LogP contribution >= 0.6 is 0 Å². The minimum Gasteiger partial charge on any atom is -0.481 e. The van der Waals surface area contributed by atoms with Gasteiger partial charge in [-0.2, -0.15) is 13.2 Å². The van der Waals surface area contributed by atoms with Crippen molar-refractivity contribution in [2.24, 2.45) is 0 Å². The summed E-state index contributed by atoms with van der Waals surface area (Å²) in [7, 11) is 0. The van der Waals surface area contributed by atoms with Crippen molar-refractivity contribution in [1.82, 2.24) is 0 Å². The average Bonchev–Trinajstić information content (AvgIpc) is 3.06. The molecule has 0 aromatic heterocycles. The standard InChI is InChI=1S/C19H16F3NO4/c20-19(21,22)15-4-1-2-5-16(15)26-12-18(25)27-14-9-7-13(8-10-14)23-11-3-6-17(23)24/h1-2,4-5,7-10H,3,6,11-12H2. The van der Waals surface area contributed by atoms with Crippen molar-refractivity contribution in [3.05, 3.63) is 54.1 Å². The van der Waals surface area contributed by atoms with Gasteiger partial charge in [0.05, 0.1) is 5.56 Å². The minimum absolute atomic E-state index is 0.0384. The first-order chi connectivity index (χ1) is 12.8. The summed E-state index contributed by atoms with van der Waals surface area (Å²) in [6.07, 6.45) is -3.27. The monoisotopic (exact) mass is 379 g/mol. The molecule has 5 nitrogen and oxygen atoms in total. The number of carbonyl (C=O) groups excluding carboxylic acids is 2. The van der Waals surface area contributed by atoms with Crippen molar-refractivity contribution in [3.63, 3.8) is 0 Å². The summed E-state index contributed by atoms with van der Waals surface area (Å²) < 4.78 is 48.7. The minimum atomic E-state index is -4.58. The van der Waals surface area contributed by atoms with Gasteiger partial charge in [-0.25, -0.2) is 4.79 Å². The number of ether oxygens (including phenoxy) is 2. The molecule has 0 aliphatic carbocycles. The summed E-state index contributed by atoms with van der Waals surface area (Å²) in [5.74, 6) is -1.03. The van der Waals surface area contributed by atoms with Crippen LogP contribution in [-0.2, 0) is 15.8 Å². The summed E-state index contributed by atoms with van der Waals surface area (Å²) in [4.78, 5) is 25.2. The van der Waals surface area contributed by atoms with Crippen molar-refractivity contribution in [3.8, 4) is 11.5 Å². The topological polar surface area (TPSA) is 55.8 Å². The highest BCUT2D eigenvalue weighted by atomic mass is 19.4. The summed E-state index contributed by atoms with van der Waals surface area (Å²) in [5.41, 5.74) is -0.259. The molecule has 1 aliphatic rings. The number of nitrogens with zero attached hydrogens (tertiary/aromatic N) is 1. The van der Waals surface area contributed by atoms with Gasteiger partial charge in [0.15, 0.2) is 6.61 Å². The lowest BCUT2D eigenvalue weighted by atomic mass is 10.2. The highest BCUT2D eigenvalue weighted by molar-refractivity contribution is 5.95. The number of hydrogen-bond donors (Lipinski definition) is 0. The fourth-order valence-electron chi connectivity index (χ4n) is 2.74. The van der Waals surface area contributed by atoms with Crippen LogP contribution in [0, 0.1) is 0 Å². The Labute approximate surface area is 153 Å². The molecule has 142 valence electrons. The fourth-order valence-corrected chi connectivity index (χ4v) is 2.74. The van der Waals surface area contributed by atoms with Gasteiger partial charge in [-0.1, -0.05) is 12.1 Å². The average molecular weight is 379 g/mol. The van der Waals surface area contributed by atoms with Crippen LogP contribution in [0.15, 0.2) is 48.5 Å². The maximum Gasteiger partial charge on any atom is 0.419 e. The molecular formula is C19H16F3NO4. The van der Waals surface area contributed by atoms with Gasteiger partial charge in [-0.15, -0.1) is 0 Å². The number of benzene rings is 2. The molecule has 27 heavy (non-hydrogen) atoms. The van der Waals surface area contributed by atoms with Crippen LogP contribution in [-0.4, -0.2) is 25.0 Å². The highest BCUT2D eigenvalue weighted by Gasteiger charge is 2.34. The number of alkyl halides is 3. The molecule has 0 atom stereocenters. The largest absolute Gasteiger partial charge is 0.481 e. The van der Waals surface area contributed by atoms with Crippen molar-refractivity contribution < 1.29 is 32.2 Å². The Hall–Kier alpha value is -3.03. The van der Waals surface area contributed by atoms with Gasteiger partial charge in [0.25, 0.3) is 0 Å². The SMILES string of the molecule is O=C(COc1ccccc1C(F)(F)F)Oc1ccc(N2CCCC2=O)cc1. The number of anilines is 1. The van der Waals surface area contributed by atoms with E-state index in [0.29, 0.717) is 18.7 Å². The first-order valence-corrected chi connectivity index (χ1v) is 8.25. The van der Waals surface area contributed by atoms with Gasteiger partial charge in [0.1, 0.15) is 11.5 Å².